The van der Waals surface area contributed by atoms with Crippen LogP contribution in [0, 0.1) is 18.8 Å². The molecule has 1 saturated heterocycles. The zero-order valence-corrected chi connectivity index (χ0v) is 15.2. The first-order valence-electron chi connectivity index (χ1n) is 9.46. The number of Topliss-reactive ketones (excluding diaryl/α,β-unsaturated/α-hetero) is 1. The second kappa shape index (κ2) is 6.75. The number of nitrogens with zero attached hydrogens (tertiary/aromatic N) is 3. The van der Waals surface area contributed by atoms with Crippen molar-refractivity contribution in [3.63, 3.8) is 0 Å². The van der Waals surface area contributed by atoms with Gasteiger partial charge in [0.1, 0.15) is 5.69 Å². The van der Waals surface area contributed by atoms with Gasteiger partial charge in [0.25, 0.3) is 0 Å². The van der Waals surface area contributed by atoms with E-state index in [1.54, 1.807) is 0 Å². The van der Waals surface area contributed by atoms with Crippen molar-refractivity contribution in [2.45, 2.75) is 45.7 Å². The van der Waals surface area contributed by atoms with E-state index in [-0.39, 0.29) is 5.78 Å². The number of carbonyl (C=O) groups is 1. The van der Waals surface area contributed by atoms with Gasteiger partial charge >= 0.3 is 0 Å². The monoisotopic (exact) mass is 337 g/mol. The van der Waals surface area contributed by atoms with Gasteiger partial charge < -0.3 is 0 Å². The zero-order chi connectivity index (χ0) is 17.4. The van der Waals surface area contributed by atoms with E-state index in [2.05, 4.69) is 29.1 Å². The van der Waals surface area contributed by atoms with Crippen molar-refractivity contribution < 1.29 is 4.79 Å². The summed E-state index contributed by atoms with van der Waals surface area (Å²) in [6.45, 7) is 7.16. The highest BCUT2D eigenvalue weighted by Gasteiger charge is 2.39. The predicted octanol–water partition coefficient (Wildman–Crippen LogP) is 3.54. The highest BCUT2D eigenvalue weighted by atomic mass is 16.1. The minimum absolute atomic E-state index is 0.242. The van der Waals surface area contributed by atoms with Crippen LogP contribution in [0.2, 0.25) is 0 Å². The third-order valence-corrected chi connectivity index (χ3v) is 5.67. The normalized spacial score (nSPS) is 23.9. The lowest BCUT2D eigenvalue weighted by atomic mass is 9.92. The summed E-state index contributed by atoms with van der Waals surface area (Å²) in [4.78, 5) is 15.6. The van der Waals surface area contributed by atoms with E-state index in [1.165, 1.54) is 18.4 Å². The number of hydrogen-bond acceptors (Lipinski definition) is 3. The van der Waals surface area contributed by atoms with Crippen molar-refractivity contribution in [3.05, 3.63) is 53.3 Å². The Labute approximate surface area is 149 Å². The van der Waals surface area contributed by atoms with Gasteiger partial charge in [-0.2, -0.15) is 5.10 Å². The Morgan fingerprint density at radius 3 is 2.68 bits per heavy atom. The van der Waals surface area contributed by atoms with Crippen molar-refractivity contribution in [2.75, 3.05) is 13.1 Å². The first-order chi connectivity index (χ1) is 12.1. The van der Waals surface area contributed by atoms with Crippen LogP contribution in [-0.2, 0) is 6.54 Å². The molecule has 1 saturated carbocycles. The van der Waals surface area contributed by atoms with Crippen LogP contribution in [0.15, 0.2) is 36.4 Å². The number of hydrogen-bond donors (Lipinski definition) is 0. The van der Waals surface area contributed by atoms with E-state index in [0.29, 0.717) is 24.8 Å². The Bertz CT molecular complexity index is 748. The van der Waals surface area contributed by atoms with E-state index in [4.69, 9.17) is 0 Å². The fourth-order valence-corrected chi connectivity index (χ4v) is 4.07. The van der Waals surface area contributed by atoms with E-state index >= 15 is 0 Å². The number of likely N-dealkylation sites (tertiary alicyclic amines) is 1. The minimum atomic E-state index is 0.242. The summed E-state index contributed by atoms with van der Waals surface area (Å²) >= 11 is 0. The standard InChI is InChI=1S/C21H27N3O/c1-15-12-23(19-8-9-19)14-18(15)11-21(25)20-10-16(2)22-24(20)13-17-6-4-3-5-7-17/h3-7,10,15,18-19H,8-9,11-14H2,1-2H3/t15-,18+/m0/s1. The molecule has 4 heteroatoms. The Kier molecular flexibility index (Phi) is 4.46. The van der Waals surface area contributed by atoms with Crippen LogP contribution in [0.25, 0.3) is 0 Å². The third-order valence-electron chi connectivity index (χ3n) is 5.67. The molecule has 132 valence electrons. The lowest BCUT2D eigenvalue weighted by Crippen LogP contribution is -2.23. The van der Waals surface area contributed by atoms with Crippen LogP contribution < -0.4 is 0 Å². The molecule has 2 heterocycles. The molecule has 0 amide bonds. The molecule has 0 spiro atoms. The average molecular weight is 337 g/mol. The quantitative estimate of drug-likeness (QED) is 0.757. The topological polar surface area (TPSA) is 38.1 Å². The van der Waals surface area contributed by atoms with Crippen LogP contribution in [0.1, 0.15) is 47.9 Å². The first kappa shape index (κ1) is 16.5. The van der Waals surface area contributed by atoms with Gasteiger partial charge in [-0.05, 0) is 43.2 Å². The molecule has 1 aromatic heterocycles. The number of rotatable bonds is 6. The van der Waals surface area contributed by atoms with E-state index in [1.807, 2.05) is 35.9 Å². The van der Waals surface area contributed by atoms with Crippen molar-refractivity contribution >= 4 is 5.78 Å². The molecule has 0 radical (unpaired) electrons. The van der Waals surface area contributed by atoms with Gasteiger partial charge in [-0.25, -0.2) is 0 Å². The zero-order valence-electron chi connectivity index (χ0n) is 15.2. The SMILES string of the molecule is Cc1cc(C(=O)C[C@@H]2CN(C3CC3)C[C@@H]2C)n(Cc2ccccc2)n1. The Hall–Kier alpha value is -1.94. The summed E-state index contributed by atoms with van der Waals surface area (Å²) in [5, 5.41) is 4.56. The summed E-state index contributed by atoms with van der Waals surface area (Å²) in [5.41, 5.74) is 2.85. The van der Waals surface area contributed by atoms with Gasteiger partial charge in [-0.3, -0.25) is 14.4 Å². The molecular formula is C21H27N3O. The van der Waals surface area contributed by atoms with Crippen molar-refractivity contribution in [1.82, 2.24) is 14.7 Å². The molecule has 1 aliphatic heterocycles. The molecule has 0 N–H and O–H groups in total. The second-order valence-corrected chi connectivity index (χ2v) is 7.86. The molecule has 4 nitrogen and oxygen atoms in total. The lowest BCUT2D eigenvalue weighted by molar-refractivity contribution is 0.0944. The van der Waals surface area contributed by atoms with Crippen LogP contribution in [-0.4, -0.2) is 39.6 Å². The summed E-state index contributed by atoms with van der Waals surface area (Å²) in [7, 11) is 0. The van der Waals surface area contributed by atoms with Crippen LogP contribution in [0.4, 0.5) is 0 Å². The molecular weight excluding hydrogens is 310 g/mol. The van der Waals surface area contributed by atoms with Crippen LogP contribution in [0.5, 0.6) is 0 Å². The van der Waals surface area contributed by atoms with Crippen LogP contribution in [0.3, 0.4) is 0 Å². The van der Waals surface area contributed by atoms with E-state index in [0.717, 1.165) is 30.5 Å². The van der Waals surface area contributed by atoms with Gasteiger partial charge in [-0.15, -0.1) is 0 Å². The molecule has 2 fully saturated rings. The number of benzene rings is 1. The summed E-state index contributed by atoms with van der Waals surface area (Å²) in [6, 6.07) is 13.0. The maximum Gasteiger partial charge on any atom is 0.181 e. The fraction of sp³-hybridized carbons (Fsp3) is 0.524. The average Bonchev–Trinajstić information content (AvgIpc) is 3.29. The highest BCUT2D eigenvalue weighted by molar-refractivity contribution is 5.94. The van der Waals surface area contributed by atoms with E-state index < -0.39 is 0 Å². The van der Waals surface area contributed by atoms with Gasteiger partial charge in [0.2, 0.25) is 0 Å². The summed E-state index contributed by atoms with van der Waals surface area (Å²) in [6.07, 6.45) is 3.33. The van der Waals surface area contributed by atoms with Crippen LogP contribution >= 0.6 is 0 Å². The molecule has 2 atom stereocenters. The van der Waals surface area contributed by atoms with Gasteiger partial charge in [0.05, 0.1) is 12.2 Å². The van der Waals surface area contributed by atoms with Gasteiger partial charge in [0.15, 0.2) is 5.78 Å². The summed E-state index contributed by atoms with van der Waals surface area (Å²) in [5.74, 6) is 1.33. The number of aromatic nitrogens is 2. The van der Waals surface area contributed by atoms with Gasteiger partial charge in [0, 0.05) is 25.6 Å². The smallest absolute Gasteiger partial charge is 0.181 e. The predicted molar refractivity (Wildman–Crippen MR) is 98.7 cm³/mol. The third kappa shape index (κ3) is 3.69. The number of carbonyl (C=O) groups excluding carboxylic acids is 1. The molecule has 2 aliphatic rings. The number of ketones is 1. The van der Waals surface area contributed by atoms with Crippen molar-refractivity contribution in [3.8, 4) is 0 Å². The molecule has 0 bridgehead atoms. The molecule has 1 aliphatic carbocycles. The molecule has 2 aromatic rings. The van der Waals surface area contributed by atoms with Crippen molar-refractivity contribution in [2.24, 2.45) is 11.8 Å². The first-order valence-corrected chi connectivity index (χ1v) is 9.46. The maximum atomic E-state index is 13.0. The number of aryl methyl sites for hydroxylation is 1. The van der Waals surface area contributed by atoms with Crippen molar-refractivity contribution in [1.29, 1.82) is 0 Å². The Morgan fingerprint density at radius 2 is 1.96 bits per heavy atom. The van der Waals surface area contributed by atoms with Gasteiger partial charge in [-0.1, -0.05) is 37.3 Å². The molecule has 1 aromatic carbocycles. The molecule has 0 unspecified atom stereocenters. The molecule has 25 heavy (non-hydrogen) atoms. The second-order valence-electron chi connectivity index (χ2n) is 7.86. The fourth-order valence-electron chi connectivity index (χ4n) is 4.07. The maximum absolute atomic E-state index is 13.0. The minimum Gasteiger partial charge on any atom is -0.300 e. The highest BCUT2D eigenvalue weighted by Crippen LogP contribution is 2.35. The Morgan fingerprint density at radius 1 is 1.20 bits per heavy atom. The lowest BCUT2D eigenvalue weighted by Gasteiger charge is -2.15. The van der Waals surface area contributed by atoms with E-state index in [9.17, 15) is 4.79 Å². The largest absolute Gasteiger partial charge is 0.300 e. The summed E-state index contributed by atoms with van der Waals surface area (Å²) < 4.78 is 1.88. The Balaban J connectivity index is 1.46. The molecule has 4 rings (SSSR count).